The van der Waals surface area contributed by atoms with Crippen molar-refractivity contribution < 1.29 is 18.8 Å². The van der Waals surface area contributed by atoms with Crippen molar-refractivity contribution >= 4 is 23.5 Å². The van der Waals surface area contributed by atoms with Crippen LogP contribution in [0.1, 0.15) is 5.56 Å². The van der Waals surface area contributed by atoms with Crippen molar-refractivity contribution in [3.05, 3.63) is 35.5 Å². The molecule has 1 aromatic carbocycles. The zero-order valence-corrected chi connectivity index (χ0v) is 8.41. The molecule has 1 heterocycles. The van der Waals surface area contributed by atoms with E-state index in [4.69, 9.17) is 10.0 Å². The minimum absolute atomic E-state index is 0.109. The summed E-state index contributed by atoms with van der Waals surface area (Å²) >= 11 is 0. The highest BCUT2D eigenvalue weighted by molar-refractivity contribution is 6.59. The Hall–Kier alpha value is -1.53. The molecule has 0 fully saturated rings. The Morgan fingerprint density at radius 2 is 1.94 bits per heavy atom. The second kappa shape index (κ2) is 3.81. The maximum absolute atomic E-state index is 13.3. The van der Waals surface area contributed by atoms with Crippen molar-refractivity contribution in [2.75, 3.05) is 0 Å². The zero-order valence-electron chi connectivity index (χ0n) is 8.41. The van der Waals surface area contributed by atoms with Gasteiger partial charge in [0.05, 0.1) is 0 Å². The molecule has 2 aromatic rings. The van der Waals surface area contributed by atoms with Crippen LogP contribution in [0.4, 0.5) is 8.78 Å². The first-order valence-corrected chi connectivity index (χ1v) is 4.61. The summed E-state index contributed by atoms with van der Waals surface area (Å²) in [6.07, 6.45) is 1.13. The van der Waals surface area contributed by atoms with Gasteiger partial charge in [-0.3, -0.25) is 4.98 Å². The Kier molecular flexibility index (Phi) is 2.61. The largest absolute Gasteiger partial charge is 0.490 e. The van der Waals surface area contributed by atoms with Crippen molar-refractivity contribution in [1.29, 1.82) is 0 Å². The Bertz CT molecular complexity index is 560. The quantitative estimate of drug-likeness (QED) is 0.692. The summed E-state index contributed by atoms with van der Waals surface area (Å²) in [5.41, 5.74) is 0.541. The fourth-order valence-corrected chi connectivity index (χ4v) is 1.62. The van der Waals surface area contributed by atoms with E-state index in [0.29, 0.717) is 10.9 Å². The van der Waals surface area contributed by atoms with E-state index in [0.717, 1.165) is 12.3 Å². The smallest absolute Gasteiger partial charge is 0.423 e. The standard InChI is InChI=1S/C10H8BF2NO2/c1-5-6-2-3-8(12)9(13)10(6)14-4-7(5)11(15)16/h2-4,15-16H,1H3. The summed E-state index contributed by atoms with van der Waals surface area (Å²) in [5, 5.41) is 18.4. The number of aryl methyl sites for hydroxylation is 1. The van der Waals surface area contributed by atoms with Gasteiger partial charge in [-0.05, 0) is 24.6 Å². The highest BCUT2D eigenvalue weighted by Crippen LogP contribution is 2.20. The van der Waals surface area contributed by atoms with Crippen LogP contribution in [0.3, 0.4) is 0 Å². The Labute approximate surface area is 90.5 Å². The maximum Gasteiger partial charge on any atom is 0.490 e. The molecular weight excluding hydrogens is 215 g/mol. The molecule has 1 aromatic heterocycles. The molecule has 0 unspecified atom stereocenters. The van der Waals surface area contributed by atoms with E-state index in [1.54, 1.807) is 6.92 Å². The molecule has 0 aliphatic heterocycles. The summed E-state index contributed by atoms with van der Waals surface area (Å²) in [6, 6.07) is 2.35. The van der Waals surface area contributed by atoms with Crippen LogP contribution in [-0.4, -0.2) is 22.2 Å². The molecule has 0 atom stereocenters. The van der Waals surface area contributed by atoms with Gasteiger partial charge in [0.15, 0.2) is 11.6 Å². The van der Waals surface area contributed by atoms with E-state index in [9.17, 15) is 8.78 Å². The zero-order chi connectivity index (χ0) is 11.9. The summed E-state index contributed by atoms with van der Waals surface area (Å²) in [6.45, 7) is 1.59. The fraction of sp³-hybridized carbons (Fsp3) is 0.100. The van der Waals surface area contributed by atoms with Gasteiger partial charge in [-0.25, -0.2) is 8.78 Å². The summed E-state index contributed by atoms with van der Waals surface area (Å²) in [7, 11) is -1.68. The molecule has 2 rings (SSSR count). The van der Waals surface area contributed by atoms with Crippen molar-refractivity contribution in [3.63, 3.8) is 0 Å². The monoisotopic (exact) mass is 223 g/mol. The molecule has 3 nitrogen and oxygen atoms in total. The first kappa shape index (κ1) is 11.0. The van der Waals surface area contributed by atoms with E-state index in [-0.39, 0.29) is 11.0 Å². The Morgan fingerprint density at radius 3 is 2.56 bits per heavy atom. The number of hydrogen-bond acceptors (Lipinski definition) is 3. The van der Waals surface area contributed by atoms with Crippen LogP contribution in [0.15, 0.2) is 18.3 Å². The second-order valence-corrected chi connectivity index (χ2v) is 3.47. The molecule has 0 aliphatic rings. The molecule has 0 amide bonds. The second-order valence-electron chi connectivity index (χ2n) is 3.47. The normalized spacial score (nSPS) is 10.8. The van der Waals surface area contributed by atoms with E-state index >= 15 is 0 Å². The van der Waals surface area contributed by atoms with Crippen LogP contribution < -0.4 is 5.46 Å². The SMILES string of the molecule is Cc1c(B(O)O)cnc2c(F)c(F)ccc12. The van der Waals surface area contributed by atoms with Gasteiger partial charge >= 0.3 is 7.12 Å². The van der Waals surface area contributed by atoms with Crippen LogP contribution in [0, 0.1) is 18.6 Å². The van der Waals surface area contributed by atoms with Crippen LogP contribution in [0.2, 0.25) is 0 Å². The average Bonchev–Trinajstić information content (AvgIpc) is 2.23. The molecule has 0 aliphatic carbocycles. The average molecular weight is 223 g/mol. The van der Waals surface area contributed by atoms with Gasteiger partial charge in [-0.1, -0.05) is 0 Å². The molecule has 6 heteroatoms. The maximum atomic E-state index is 13.3. The highest BCUT2D eigenvalue weighted by atomic mass is 19.2. The van der Waals surface area contributed by atoms with Crippen LogP contribution in [-0.2, 0) is 0 Å². The van der Waals surface area contributed by atoms with Gasteiger partial charge in [-0.15, -0.1) is 0 Å². The van der Waals surface area contributed by atoms with Gasteiger partial charge in [0, 0.05) is 17.0 Å². The Balaban J connectivity index is 2.82. The lowest BCUT2D eigenvalue weighted by Crippen LogP contribution is -2.32. The Morgan fingerprint density at radius 1 is 1.25 bits per heavy atom. The summed E-state index contributed by atoms with van der Waals surface area (Å²) in [5.74, 6) is -2.00. The summed E-state index contributed by atoms with van der Waals surface area (Å²) < 4.78 is 26.3. The lowest BCUT2D eigenvalue weighted by molar-refractivity contribution is 0.425. The molecule has 82 valence electrons. The van der Waals surface area contributed by atoms with Crippen molar-refractivity contribution in [2.24, 2.45) is 0 Å². The fourth-order valence-electron chi connectivity index (χ4n) is 1.62. The molecule has 16 heavy (non-hydrogen) atoms. The number of hydrogen-bond donors (Lipinski definition) is 2. The topological polar surface area (TPSA) is 53.4 Å². The number of benzene rings is 1. The van der Waals surface area contributed by atoms with Gasteiger partial charge in [-0.2, -0.15) is 0 Å². The van der Waals surface area contributed by atoms with Gasteiger partial charge in [0.25, 0.3) is 0 Å². The first-order chi connectivity index (χ1) is 7.52. The molecule has 2 N–H and O–H groups in total. The number of fused-ring (bicyclic) bond motifs is 1. The van der Waals surface area contributed by atoms with Crippen LogP contribution in [0.5, 0.6) is 0 Å². The molecule has 0 bridgehead atoms. The van der Waals surface area contributed by atoms with Crippen LogP contribution >= 0.6 is 0 Å². The first-order valence-electron chi connectivity index (χ1n) is 4.61. The highest BCUT2D eigenvalue weighted by Gasteiger charge is 2.18. The van der Waals surface area contributed by atoms with E-state index in [1.165, 1.54) is 6.07 Å². The molecule has 0 radical (unpaired) electrons. The third-order valence-electron chi connectivity index (χ3n) is 2.52. The van der Waals surface area contributed by atoms with Crippen molar-refractivity contribution in [2.45, 2.75) is 6.92 Å². The summed E-state index contributed by atoms with van der Waals surface area (Å²) in [4.78, 5) is 3.69. The van der Waals surface area contributed by atoms with E-state index in [1.807, 2.05) is 0 Å². The lowest BCUT2D eigenvalue weighted by Gasteiger charge is -2.08. The van der Waals surface area contributed by atoms with Gasteiger partial charge in [0.2, 0.25) is 0 Å². The predicted molar refractivity (Wildman–Crippen MR) is 56.2 cm³/mol. The van der Waals surface area contributed by atoms with Gasteiger partial charge < -0.3 is 10.0 Å². The minimum atomic E-state index is -1.68. The molecule has 0 saturated carbocycles. The lowest BCUT2D eigenvalue weighted by atomic mass is 9.77. The molecule has 0 spiro atoms. The third-order valence-corrected chi connectivity index (χ3v) is 2.52. The van der Waals surface area contributed by atoms with Gasteiger partial charge in [0.1, 0.15) is 5.52 Å². The van der Waals surface area contributed by atoms with E-state index < -0.39 is 18.8 Å². The number of aromatic nitrogens is 1. The number of rotatable bonds is 1. The third kappa shape index (κ3) is 1.56. The number of halogens is 2. The van der Waals surface area contributed by atoms with Crippen LogP contribution in [0.25, 0.3) is 10.9 Å². The number of pyridine rings is 1. The molecule has 0 saturated heterocycles. The predicted octanol–water partition coefficient (Wildman–Crippen LogP) is 0.501. The minimum Gasteiger partial charge on any atom is -0.423 e. The number of nitrogens with zero attached hydrogens (tertiary/aromatic N) is 1. The van der Waals surface area contributed by atoms with Crippen molar-refractivity contribution in [1.82, 2.24) is 4.98 Å². The van der Waals surface area contributed by atoms with Crippen molar-refractivity contribution in [3.8, 4) is 0 Å². The molecular formula is C10H8BF2NO2. The van der Waals surface area contributed by atoms with E-state index in [2.05, 4.69) is 4.98 Å².